The number of hydrogen-bond acceptors (Lipinski definition) is 18. The van der Waals surface area contributed by atoms with Crippen LogP contribution in [-0.4, -0.2) is 0 Å². The van der Waals surface area contributed by atoms with Gasteiger partial charge in [-0.25, -0.2) is 0 Å². The molecule has 0 N–H and O–H groups in total. The van der Waals surface area contributed by atoms with Crippen LogP contribution in [0.25, 0.3) is 0 Å². The van der Waals surface area contributed by atoms with Gasteiger partial charge in [0.25, 0.3) is 126 Å². The number of halogens is 6. The van der Waals surface area contributed by atoms with Gasteiger partial charge in [0.2, 0.25) is 0 Å². The van der Waals surface area contributed by atoms with Gasteiger partial charge in [0.05, 0.1) is 0 Å². The molecule has 0 aromatic carbocycles. The van der Waals surface area contributed by atoms with E-state index in [4.69, 9.17) is 61.8 Å². The van der Waals surface area contributed by atoms with Crippen LogP contribution in [0.15, 0.2) is 0 Å². The monoisotopic (exact) mass is 1120 g/mol. The summed E-state index contributed by atoms with van der Waals surface area (Å²) in [6.45, 7) is 0. The Balaban J connectivity index is -0.0000000245. The second-order valence-corrected chi connectivity index (χ2v) is 7.61. The molecule has 0 fully saturated rings. The summed E-state index contributed by atoms with van der Waals surface area (Å²) in [6.07, 6.45) is 0. The summed E-state index contributed by atoms with van der Waals surface area (Å²) in [5.41, 5.74) is 0. The Morgan fingerprint density at radius 3 is 0.231 bits per heavy atom. The molecule has 1 radical (unpaired) electrons. The third-order valence-corrected chi connectivity index (χ3v) is 0. The molecule has 0 saturated heterocycles. The van der Waals surface area contributed by atoms with Crippen molar-refractivity contribution in [2.75, 3.05) is 0 Å². The molecule has 18 nitrogen and oxygen atoms in total. The van der Waals surface area contributed by atoms with Gasteiger partial charge >= 0.3 is 29.6 Å². The molecule has 0 bridgehead atoms. The Labute approximate surface area is 231 Å². The Morgan fingerprint density at radius 2 is 0.231 bits per heavy atom. The Kier molecular flexibility index (Phi) is 97.4. The Bertz CT molecular complexity index is 107. The van der Waals surface area contributed by atoms with E-state index in [9.17, 15) is 0 Å². The third kappa shape index (κ3) is 848. The summed E-state index contributed by atoms with van der Waals surface area (Å²) in [5.74, 6) is 0. The van der Waals surface area contributed by atoms with Crippen molar-refractivity contribution in [1.82, 2.24) is 0 Å². The van der Waals surface area contributed by atoms with E-state index in [1.165, 1.54) is 0 Å². The molecule has 26 heavy (non-hydrogen) atoms. The molecule has 0 unspecified atom stereocenters. The van der Waals surface area contributed by atoms with Crippen molar-refractivity contribution >= 4 is 0 Å². The first-order chi connectivity index (χ1) is 10.4. The van der Waals surface area contributed by atoms with Gasteiger partial charge < -0.3 is 61.8 Å². The second-order valence-electron chi connectivity index (χ2n) is 1.13. The molecule has 0 saturated carbocycles. The molecule has 161 valence electrons. The molecule has 0 atom stereocenters. The van der Waals surface area contributed by atoms with Crippen molar-refractivity contribution in [1.29, 1.82) is 0 Å². The zero-order valence-corrected chi connectivity index (χ0v) is 27.4. The van der Waals surface area contributed by atoms with Gasteiger partial charge in [-0.15, -0.1) is 0 Å². The smallest absolute Gasteiger partial charge is 0.427 e. The quantitative estimate of drug-likeness (QED) is 0.161. The summed E-state index contributed by atoms with van der Waals surface area (Å²) < 4.78 is 154. The van der Waals surface area contributed by atoms with E-state index >= 15 is 0 Å². The molecule has 0 heterocycles. The maximum absolute atomic E-state index is 8.57. The van der Waals surface area contributed by atoms with Crippen LogP contribution in [0, 0.1) is 0 Å². The number of rotatable bonds is 0. The average Bonchev–Trinajstić information content (AvgIpc) is 2.08. The van der Waals surface area contributed by atoms with Gasteiger partial charge in [-0.3, -0.25) is 0 Å². The van der Waals surface area contributed by atoms with Crippen LogP contribution >= 0.6 is 0 Å². The fourth-order valence-electron chi connectivity index (χ4n) is 0. The largest absolute Gasteiger partial charge is 1.00 e. The average molecular weight is 1120 g/mol. The van der Waals surface area contributed by atoms with E-state index in [-0.39, 0.29) is 48.1 Å². The van der Waals surface area contributed by atoms with Crippen molar-refractivity contribution in [2.45, 2.75) is 0 Å². The maximum atomic E-state index is 8.57. The molecule has 0 aliphatic carbocycles. The van der Waals surface area contributed by atoms with Crippen LogP contribution in [-0.2, 0) is 18.6 Å². The molecule has 0 rings (SSSR count). The van der Waals surface area contributed by atoms with Crippen molar-refractivity contribution in [3.05, 3.63) is 0 Å². The third-order valence-electron chi connectivity index (χ3n) is 0. The van der Waals surface area contributed by atoms with Crippen LogP contribution in [0.1, 0.15) is 0 Å². The zero-order valence-electron chi connectivity index (χ0n) is 11.1. The van der Waals surface area contributed by atoms with Crippen molar-refractivity contribution in [3.63, 3.8) is 0 Å². The molecule has 0 aromatic rings. The van der Waals surface area contributed by atoms with Crippen LogP contribution in [0.3, 0.4) is 0 Å². The fraction of sp³-hybridized carbons (Fsp3) is 0. The number of hydrogen-bond donors (Lipinski definition) is 0. The van der Waals surface area contributed by atoms with Crippen molar-refractivity contribution in [3.8, 4) is 0 Å². The van der Waals surface area contributed by atoms with Crippen molar-refractivity contribution in [2.24, 2.45) is 0 Å². The van der Waals surface area contributed by atoms with E-state index in [0.29, 0.717) is 0 Å². The Hall–Kier alpha value is 5.24. The summed E-state index contributed by atoms with van der Waals surface area (Å²) >= 11 is -24.1. The minimum absolute atomic E-state index is 0. The summed E-state index contributed by atoms with van der Waals surface area (Å²) in [5, 5.41) is 0. The predicted molar refractivity (Wildman–Crippen MR) is 0 cm³/mol. The molecule has 0 aliphatic heterocycles. The minimum atomic E-state index is -4.01. The van der Waals surface area contributed by atoms with Gasteiger partial charge in [-0.1, -0.05) is 0 Å². The molecule has 0 amide bonds. The standard InChI is InChI=1S/6IO3.Na.V/c6*2-1(3)4;;/q6*-1;+1;. The van der Waals surface area contributed by atoms with E-state index in [1.54, 1.807) is 0 Å². The minimum Gasteiger partial charge on any atom is -0.427 e. The SMILES string of the molecule is [Na+].[O-][I+2]([O-])[O-].[O-][I+2]([O-])[O-].[O-][I+2]([O-])[O-].[O-][I+2]([O-])[O-].[O-][I+2]([O-])[O-].[O-][I+2]([O-])[O-].[V]. The molecular weight excluding hydrogens is 1120 g/mol. The normalized spacial score (nSPS) is 8.31. The van der Waals surface area contributed by atoms with Gasteiger partial charge in [-0.2, -0.15) is 0 Å². The first kappa shape index (κ1) is 52.9. The van der Waals surface area contributed by atoms with Crippen LogP contribution in [0.5, 0.6) is 0 Å². The first-order valence-electron chi connectivity index (χ1n) is 2.78. The van der Waals surface area contributed by atoms with Gasteiger partial charge in [0.1, 0.15) is 0 Å². The van der Waals surface area contributed by atoms with E-state index < -0.39 is 126 Å². The van der Waals surface area contributed by atoms with Crippen molar-refractivity contribution < 1.29 is 236 Å². The van der Waals surface area contributed by atoms with Gasteiger partial charge in [0.15, 0.2) is 0 Å². The molecule has 26 heteroatoms. The fourth-order valence-corrected chi connectivity index (χ4v) is 0. The van der Waals surface area contributed by atoms with Gasteiger partial charge in [-0.05, 0) is 0 Å². The maximum Gasteiger partial charge on any atom is 1.00 e. The predicted octanol–water partition coefficient (Wildman–Crippen LogP) is -42.4. The van der Waals surface area contributed by atoms with Crippen LogP contribution in [0.2, 0.25) is 0 Å². The van der Waals surface area contributed by atoms with E-state index in [0.717, 1.165) is 0 Å². The van der Waals surface area contributed by atoms with Gasteiger partial charge in [0, 0.05) is 18.6 Å². The summed E-state index contributed by atoms with van der Waals surface area (Å²) in [7, 11) is 0. The molecule has 0 aliphatic rings. The molecule has 0 spiro atoms. The first-order valence-corrected chi connectivity index (χ1v) is 18.6. The van der Waals surface area contributed by atoms with Crippen LogP contribution in [0.4, 0.5) is 0 Å². The topological polar surface area (TPSA) is 415 Å². The summed E-state index contributed by atoms with van der Waals surface area (Å²) in [4.78, 5) is 0. The molecule has 0 aromatic heterocycles. The van der Waals surface area contributed by atoms with E-state index in [2.05, 4.69) is 0 Å². The Morgan fingerprint density at radius 1 is 0.231 bits per heavy atom. The summed E-state index contributed by atoms with van der Waals surface area (Å²) in [6, 6.07) is 0. The molecular formula is I6NaO18V-5. The van der Waals surface area contributed by atoms with Crippen LogP contribution < -0.4 is 218 Å². The van der Waals surface area contributed by atoms with E-state index in [1.807, 2.05) is 0 Å². The second kappa shape index (κ2) is 47.9. The zero-order chi connectivity index (χ0) is 21.5.